The highest BCUT2D eigenvalue weighted by atomic mass is 35.5. The quantitative estimate of drug-likeness (QED) is 0.655. The maximum absolute atomic E-state index is 12.3. The first-order valence-electron chi connectivity index (χ1n) is 8.57. The highest BCUT2D eigenvalue weighted by Gasteiger charge is 2.14. The third kappa shape index (κ3) is 5.19. The molecule has 0 saturated heterocycles. The van der Waals surface area contributed by atoms with Crippen molar-refractivity contribution in [1.82, 2.24) is 10.6 Å². The molecule has 2 N–H and O–H groups in total. The van der Waals surface area contributed by atoms with E-state index in [9.17, 15) is 4.79 Å². The van der Waals surface area contributed by atoms with E-state index < -0.39 is 0 Å². The third-order valence-corrected chi connectivity index (χ3v) is 4.39. The predicted molar refractivity (Wildman–Crippen MR) is 106 cm³/mol. The minimum Gasteiger partial charge on any atom is -0.351 e. The Bertz CT molecular complexity index is 780. The Hall–Kier alpha value is -2.62. The van der Waals surface area contributed by atoms with E-state index in [1.807, 2.05) is 60.7 Å². The van der Waals surface area contributed by atoms with Gasteiger partial charge in [-0.3, -0.25) is 10.1 Å². The lowest BCUT2D eigenvalue weighted by Gasteiger charge is -2.19. The molecule has 0 fully saturated rings. The molecule has 1 amide bonds. The number of amides is 1. The number of benzene rings is 3. The minimum absolute atomic E-state index is 0.0290. The van der Waals surface area contributed by atoms with Gasteiger partial charge in [-0.1, -0.05) is 84.4 Å². The number of hydrogen-bond donors (Lipinski definition) is 2. The molecule has 0 aliphatic carbocycles. The average Bonchev–Trinajstić information content (AvgIpc) is 2.69. The second kappa shape index (κ2) is 9.18. The van der Waals surface area contributed by atoms with Crippen LogP contribution in [0.25, 0.3) is 0 Å². The van der Waals surface area contributed by atoms with E-state index in [0.29, 0.717) is 11.6 Å². The average molecular weight is 365 g/mol. The largest absolute Gasteiger partial charge is 0.351 e. The zero-order valence-electron chi connectivity index (χ0n) is 14.4. The molecule has 26 heavy (non-hydrogen) atoms. The van der Waals surface area contributed by atoms with Crippen LogP contribution in [0.15, 0.2) is 84.9 Å². The van der Waals surface area contributed by atoms with Gasteiger partial charge in [-0.25, -0.2) is 0 Å². The lowest BCUT2D eigenvalue weighted by molar-refractivity contribution is -0.120. The zero-order valence-corrected chi connectivity index (χ0v) is 15.1. The van der Waals surface area contributed by atoms with Gasteiger partial charge in [0.25, 0.3) is 0 Å². The smallest absolute Gasteiger partial charge is 0.234 e. The lowest BCUT2D eigenvalue weighted by Crippen LogP contribution is -2.35. The van der Waals surface area contributed by atoms with E-state index in [-0.39, 0.29) is 18.5 Å². The molecule has 0 atom stereocenters. The van der Waals surface area contributed by atoms with Gasteiger partial charge in [0.05, 0.1) is 12.6 Å². The van der Waals surface area contributed by atoms with Crippen molar-refractivity contribution in [3.05, 3.63) is 107 Å². The number of carbonyl (C=O) groups is 1. The van der Waals surface area contributed by atoms with Crippen molar-refractivity contribution in [2.75, 3.05) is 6.54 Å². The molecule has 0 aromatic heterocycles. The minimum atomic E-state index is -0.0446. The van der Waals surface area contributed by atoms with Crippen molar-refractivity contribution in [2.24, 2.45) is 0 Å². The predicted octanol–water partition coefficient (Wildman–Crippen LogP) is 4.34. The van der Waals surface area contributed by atoms with Gasteiger partial charge in [0.2, 0.25) is 5.91 Å². The monoisotopic (exact) mass is 364 g/mol. The molecule has 132 valence electrons. The number of hydrogen-bond acceptors (Lipinski definition) is 2. The maximum atomic E-state index is 12.3. The fourth-order valence-electron chi connectivity index (χ4n) is 2.78. The summed E-state index contributed by atoms with van der Waals surface area (Å²) in [7, 11) is 0. The summed E-state index contributed by atoms with van der Waals surface area (Å²) < 4.78 is 0. The Morgan fingerprint density at radius 2 is 1.35 bits per heavy atom. The molecule has 3 aromatic rings. The van der Waals surface area contributed by atoms with Crippen molar-refractivity contribution in [2.45, 2.75) is 12.6 Å². The first-order valence-corrected chi connectivity index (χ1v) is 8.94. The molecule has 0 aliphatic rings. The molecule has 4 heteroatoms. The molecule has 0 radical (unpaired) electrons. The summed E-state index contributed by atoms with van der Waals surface area (Å²) in [5, 5.41) is 6.99. The zero-order chi connectivity index (χ0) is 18.2. The third-order valence-electron chi connectivity index (χ3n) is 4.14. The van der Waals surface area contributed by atoms with Crippen LogP contribution in [0.5, 0.6) is 0 Å². The standard InChI is InChI=1S/C22H21ClN2O/c23-20-13-11-17(12-14-20)15-24-21(26)16-25-22(18-7-3-1-4-8-18)19-9-5-2-6-10-19/h1-14,22,25H,15-16H2,(H,24,26). The summed E-state index contributed by atoms with van der Waals surface area (Å²) in [5.74, 6) is -0.0446. The summed E-state index contributed by atoms with van der Waals surface area (Å²) in [6.45, 7) is 0.723. The number of nitrogens with one attached hydrogen (secondary N) is 2. The van der Waals surface area contributed by atoms with Crippen LogP contribution in [-0.2, 0) is 11.3 Å². The molecule has 0 bridgehead atoms. The Kier molecular flexibility index (Phi) is 6.42. The van der Waals surface area contributed by atoms with Crippen LogP contribution in [0.4, 0.5) is 0 Å². The maximum Gasteiger partial charge on any atom is 0.234 e. The van der Waals surface area contributed by atoms with Crippen LogP contribution in [0.2, 0.25) is 5.02 Å². The van der Waals surface area contributed by atoms with E-state index in [1.54, 1.807) is 0 Å². The van der Waals surface area contributed by atoms with Crippen molar-refractivity contribution in [3.8, 4) is 0 Å². The van der Waals surface area contributed by atoms with Crippen LogP contribution in [0.3, 0.4) is 0 Å². The molecule has 0 saturated carbocycles. The van der Waals surface area contributed by atoms with Gasteiger partial charge in [0.1, 0.15) is 0 Å². The van der Waals surface area contributed by atoms with E-state index in [1.165, 1.54) is 0 Å². The van der Waals surface area contributed by atoms with Gasteiger partial charge < -0.3 is 5.32 Å². The fraction of sp³-hybridized carbons (Fsp3) is 0.136. The molecule has 3 nitrogen and oxygen atoms in total. The number of halogens is 1. The summed E-state index contributed by atoms with van der Waals surface area (Å²) >= 11 is 5.88. The lowest BCUT2D eigenvalue weighted by atomic mass is 9.99. The van der Waals surface area contributed by atoms with Crippen LogP contribution < -0.4 is 10.6 Å². The highest BCUT2D eigenvalue weighted by molar-refractivity contribution is 6.30. The first-order chi connectivity index (χ1) is 12.7. The van der Waals surface area contributed by atoms with Gasteiger partial charge in [-0.2, -0.15) is 0 Å². The Labute approximate surface area is 159 Å². The van der Waals surface area contributed by atoms with Crippen LogP contribution in [-0.4, -0.2) is 12.5 Å². The highest BCUT2D eigenvalue weighted by Crippen LogP contribution is 2.21. The summed E-state index contributed by atoms with van der Waals surface area (Å²) in [6, 6.07) is 27.7. The van der Waals surface area contributed by atoms with Gasteiger partial charge in [-0.05, 0) is 28.8 Å². The molecular formula is C22H21ClN2O. The van der Waals surface area contributed by atoms with Crippen LogP contribution in [0.1, 0.15) is 22.7 Å². The molecule has 0 heterocycles. The van der Waals surface area contributed by atoms with E-state index in [4.69, 9.17) is 11.6 Å². The SMILES string of the molecule is O=C(CNC(c1ccccc1)c1ccccc1)NCc1ccc(Cl)cc1. The molecule has 0 spiro atoms. The van der Waals surface area contributed by atoms with Crippen molar-refractivity contribution in [1.29, 1.82) is 0 Å². The van der Waals surface area contributed by atoms with E-state index in [0.717, 1.165) is 16.7 Å². The topological polar surface area (TPSA) is 41.1 Å². The molecule has 3 aromatic carbocycles. The van der Waals surface area contributed by atoms with Gasteiger partial charge >= 0.3 is 0 Å². The summed E-state index contributed by atoms with van der Waals surface area (Å²) in [5.41, 5.74) is 3.28. The van der Waals surface area contributed by atoms with Gasteiger partial charge in [0.15, 0.2) is 0 Å². The molecule has 3 rings (SSSR count). The number of rotatable bonds is 7. The normalized spacial score (nSPS) is 10.7. The Balaban J connectivity index is 1.60. The molecule has 0 aliphatic heterocycles. The van der Waals surface area contributed by atoms with Crippen LogP contribution >= 0.6 is 11.6 Å². The first kappa shape index (κ1) is 18.2. The molecule has 0 unspecified atom stereocenters. The van der Waals surface area contributed by atoms with Crippen molar-refractivity contribution in [3.63, 3.8) is 0 Å². The van der Waals surface area contributed by atoms with Gasteiger partial charge in [-0.15, -0.1) is 0 Å². The van der Waals surface area contributed by atoms with E-state index >= 15 is 0 Å². The summed E-state index contributed by atoms with van der Waals surface area (Å²) in [6.07, 6.45) is 0. The Morgan fingerprint density at radius 1 is 0.808 bits per heavy atom. The second-order valence-electron chi connectivity index (χ2n) is 6.04. The van der Waals surface area contributed by atoms with Gasteiger partial charge in [0, 0.05) is 11.6 Å². The molecular weight excluding hydrogens is 344 g/mol. The van der Waals surface area contributed by atoms with Crippen molar-refractivity contribution < 1.29 is 4.79 Å². The van der Waals surface area contributed by atoms with Crippen molar-refractivity contribution >= 4 is 17.5 Å². The number of carbonyl (C=O) groups excluding carboxylic acids is 1. The van der Waals surface area contributed by atoms with Crippen LogP contribution in [0, 0.1) is 0 Å². The fourth-order valence-corrected chi connectivity index (χ4v) is 2.91. The van der Waals surface area contributed by atoms with E-state index in [2.05, 4.69) is 34.9 Å². The Morgan fingerprint density at radius 3 is 1.88 bits per heavy atom. The second-order valence-corrected chi connectivity index (χ2v) is 6.47. The summed E-state index contributed by atoms with van der Waals surface area (Å²) in [4.78, 5) is 12.3.